The van der Waals surface area contributed by atoms with E-state index in [2.05, 4.69) is 0 Å². The molecule has 1 aliphatic heterocycles. The molecule has 1 aliphatic rings. The lowest BCUT2D eigenvalue weighted by Gasteiger charge is -2.32. The third-order valence-electron chi connectivity index (χ3n) is 3.43. The summed E-state index contributed by atoms with van der Waals surface area (Å²) >= 11 is 0. The lowest BCUT2D eigenvalue weighted by Crippen LogP contribution is -2.49. The monoisotopic (exact) mass is 382 g/mol. The highest BCUT2D eigenvalue weighted by Gasteiger charge is 2.48. The minimum absolute atomic E-state index is 0.303. The summed E-state index contributed by atoms with van der Waals surface area (Å²) in [5.41, 5.74) is -4.31. The Morgan fingerprint density at radius 3 is 1.78 bits per heavy atom. The lowest BCUT2D eigenvalue weighted by molar-refractivity contribution is -0.422. The number of nitrogens with zero attached hydrogens (tertiary/aromatic N) is 2. The van der Waals surface area contributed by atoms with Gasteiger partial charge in [0, 0.05) is 31.5 Å². The van der Waals surface area contributed by atoms with Gasteiger partial charge in [0.2, 0.25) is 5.92 Å². The quantitative estimate of drug-likeness (QED) is 0.249. The molecule has 142 valence electrons. The van der Waals surface area contributed by atoms with Crippen molar-refractivity contribution in [2.24, 2.45) is 5.92 Å². The number of aromatic carboxylic acids is 1. The number of carboxylic acid groups (broad SMARTS) is 1. The summed E-state index contributed by atoms with van der Waals surface area (Å²) in [6.07, 6.45) is 0. The molecular weight excluding hydrogens is 372 g/mol. The van der Waals surface area contributed by atoms with Crippen LogP contribution in [0.3, 0.4) is 0 Å². The van der Waals surface area contributed by atoms with Crippen LogP contribution in [0, 0.1) is 26.1 Å². The van der Waals surface area contributed by atoms with Crippen molar-refractivity contribution in [2.75, 3.05) is 0 Å². The molecule has 0 atom stereocenters. The van der Waals surface area contributed by atoms with Crippen LogP contribution in [-0.2, 0) is 19.1 Å². The Kier molecular flexibility index (Phi) is 4.63. The van der Waals surface area contributed by atoms with E-state index in [0.29, 0.717) is 12.1 Å². The molecule has 13 nitrogen and oxygen atoms in total. The minimum Gasteiger partial charge on any atom is -0.478 e. The molecule has 0 aromatic heterocycles. The van der Waals surface area contributed by atoms with Gasteiger partial charge in [0.25, 0.3) is 5.79 Å². The molecule has 27 heavy (non-hydrogen) atoms. The first-order valence-corrected chi connectivity index (χ1v) is 7.05. The molecular formula is C14H10N2O11. The van der Waals surface area contributed by atoms with Gasteiger partial charge in [-0.15, -0.1) is 0 Å². The van der Waals surface area contributed by atoms with E-state index in [1.807, 2.05) is 0 Å². The normalized spacial score (nSPS) is 16.2. The highest BCUT2D eigenvalue weighted by Crippen LogP contribution is 2.33. The van der Waals surface area contributed by atoms with E-state index in [-0.39, 0.29) is 0 Å². The predicted octanol–water partition coefficient (Wildman–Crippen LogP) is 0.836. The third kappa shape index (κ3) is 3.56. The molecule has 1 heterocycles. The van der Waals surface area contributed by atoms with Crippen molar-refractivity contribution in [1.82, 2.24) is 0 Å². The van der Waals surface area contributed by atoms with E-state index in [1.165, 1.54) is 13.8 Å². The van der Waals surface area contributed by atoms with Gasteiger partial charge in [-0.1, -0.05) is 0 Å². The average molecular weight is 382 g/mol. The molecule has 0 radical (unpaired) electrons. The summed E-state index contributed by atoms with van der Waals surface area (Å²) in [6.45, 7) is 2.42. The Bertz CT molecular complexity index is 898. The van der Waals surface area contributed by atoms with Crippen LogP contribution in [0.25, 0.3) is 0 Å². The standard InChI is InChI=1S/C14H10N2O11/c1-14(2)26-12(20)9(13(21)27-14)10(17)5-3-7(15(22)23)8(16(24)25)4-6(5)11(18)19/h3-4,9H,1-2H3,(H,18,19). The van der Waals surface area contributed by atoms with Crippen molar-refractivity contribution < 1.29 is 43.6 Å². The number of carboxylic acids is 1. The van der Waals surface area contributed by atoms with Gasteiger partial charge in [0.1, 0.15) is 0 Å². The number of ether oxygens (including phenoxy) is 2. The van der Waals surface area contributed by atoms with Crippen molar-refractivity contribution >= 4 is 35.1 Å². The average Bonchev–Trinajstić information content (AvgIpc) is 2.51. The second-order valence-corrected chi connectivity index (χ2v) is 5.75. The molecule has 1 aromatic rings. The smallest absolute Gasteiger partial charge is 0.346 e. The molecule has 0 unspecified atom stereocenters. The molecule has 2 rings (SSSR count). The number of carbonyl (C=O) groups is 4. The molecule has 0 spiro atoms. The number of hydrogen-bond acceptors (Lipinski definition) is 10. The third-order valence-corrected chi connectivity index (χ3v) is 3.43. The predicted molar refractivity (Wildman–Crippen MR) is 80.8 cm³/mol. The summed E-state index contributed by atoms with van der Waals surface area (Å²) in [7, 11) is 0. The van der Waals surface area contributed by atoms with E-state index in [4.69, 9.17) is 9.47 Å². The summed E-state index contributed by atoms with van der Waals surface area (Å²) < 4.78 is 9.49. The van der Waals surface area contributed by atoms with Crippen LogP contribution in [0.4, 0.5) is 11.4 Å². The SMILES string of the molecule is CC1(C)OC(=O)C(C(=O)c2cc([N+](=O)[O-])c([N+](=O)[O-])cc2C(=O)O)C(=O)O1. The molecule has 0 aliphatic carbocycles. The molecule has 0 saturated carbocycles. The largest absolute Gasteiger partial charge is 0.478 e. The van der Waals surface area contributed by atoms with Crippen LogP contribution in [0.1, 0.15) is 34.6 Å². The molecule has 0 bridgehead atoms. The van der Waals surface area contributed by atoms with Crippen molar-refractivity contribution in [3.8, 4) is 0 Å². The van der Waals surface area contributed by atoms with Gasteiger partial charge in [-0.05, 0) is 0 Å². The fourth-order valence-corrected chi connectivity index (χ4v) is 2.34. The van der Waals surface area contributed by atoms with Crippen LogP contribution < -0.4 is 0 Å². The van der Waals surface area contributed by atoms with Gasteiger partial charge in [0.15, 0.2) is 5.78 Å². The molecule has 1 fully saturated rings. The maximum Gasteiger partial charge on any atom is 0.346 e. The summed E-state index contributed by atoms with van der Waals surface area (Å²) in [5, 5.41) is 31.2. The summed E-state index contributed by atoms with van der Waals surface area (Å²) in [6, 6.07) is 0.626. The van der Waals surface area contributed by atoms with Gasteiger partial charge in [-0.2, -0.15) is 0 Å². The zero-order valence-corrected chi connectivity index (χ0v) is 13.7. The maximum absolute atomic E-state index is 12.6. The Labute approximate surface area is 148 Å². The van der Waals surface area contributed by atoms with Gasteiger partial charge < -0.3 is 14.6 Å². The van der Waals surface area contributed by atoms with Gasteiger partial charge >= 0.3 is 29.3 Å². The second kappa shape index (κ2) is 6.44. The number of Topliss-reactive ketones (excluding diaryl/α,β-unsaturated/α-hetero) is 1. The van der Waals surface area contributed by atoms with E-state index in [9.17, 15) is 44.5 Å². The van der Waals surface area contributed by atoms with Crippen LogP contribution >= 0.6 is 0 Å². The first kappa shape index (κ1) is 19.4. The molecule has 1 aromatic carbocycles. The van der Waals surface area contributed by atoms with Gasteiger partial charge in [-0.25, -0.2) is 4.79 Å². The Balaban J connectivity index is 2.64. The number of carbonyl (C=O) groups excluding carboxylic acids is 3. The number of cyclic esters (lactones) is 2. The van der Waals surface area contributed by atoms with Gasteiger partial charge in [0.05, 0.1) is 15.4 Å². The number of benzene rings is 1. The Hall–Kier alpha value is -3.90. The van der Waals surface area contributed by atoms with E-state index >= 15 is 0 Å². The van der Waals surface area contributed by atoms with Crippen LogP contribution in [0.15, 0.2) is 12.1 Å². The first-order valence-electron chi connectivity index (χ1n) is 7.05. The molecule has 13 heteroatoms. The summed E-state index contributed by atoms with van der Waals surface area (Å²) in [5.74, 6) is -9.89. The molecule has 0 amide bonds. The van der Waals surface area contributed by atoms with Crippen LogP contribution in [-0.4, -0.2) is 44.4 Å². The van der Waals surface area contributed by atoms with Crippen molar-refractivity contribution in [2.45, 2.75) is 19.6 Å². The minimum atomic E-state index is -2.22. The molecule has 1 saturated heterocycles. The number of hydrogen-bond donors (Lipinski definition) is 1. The zero-order chi connectivity index (χ0) is 20.7. The van der Waals surface area contributed by atoms with Crippen molar-refractivity contribution in [3.05, 3.63) is 43.5 Å². The van der Waals surface area contributed by atoms with E-state index in [0.717, 1.165) is 0 Å². The van der Waals surface area contributed by atoms with Crippen molar-refractivity contribution in [3.63, 3.8) is 0 Å². The fourth-order valence-electron chi connectivity index (χ4n) is 2.34. The summed E-state index contributed by atoms with van der Waals surface area (Å²) in [4.78, 5) is 67.4. The topological polar surface area (TPSA) is 193 Å². The van der Waals surface area contributed by atoms with Crippen molar-refractivity contribution in [1.29, 1.82) is 0 Å². The van der Waals surface area contributed by atoms with Crippen LogP contribution in [0.5, 0.6) is 0 Å². The number of ketones is 1. The van der Waals surface area contributed by atoms with Crippen LogP contribution in [0.2, 0.25) is 0 Å². The first-order chi connectivity index (χ1) is 12.4. The van der Waals surface area contributed by atoms with Gasteiger partial charge in [-0.3, -0.25) is 34.6 Å². The second-order valence-electron chi connectivity index (χ2n) is 5.75. The number of nitro benzene ring substituents is 2. The highest BCUT2D eigenvalue weighted by molar-refractivity contribution is 6.23. The Morgan fingerprint density at radius 1 is 1.00 bits per heavy atom. The van der Waals surface area contributed by atoms with E-state index < -0.39 is 67.7 Å². The molecule has 1 N–H and O–H groups in total. The number of rotatable bonds is 5. The highest BCUT2D eigenvalue weighted by atomic mass is 16.7. The Morgan fingerprint density at radius 2 is 1.41 bits per heavy atom. The number of nitro groups is 2. The number of esters is 2. The zero-order valence-electron chi connectivity index (χ0n) is 13.7. The fraction of sp³-hybridized carbons (Fsp3) is 0.286. The lowest BCUT2D eigenvalue weighted by atomic mass is 9.92. The maximum atomic E-state index is 12.6. The van der Waals surface area contributed by atoms with E-state index in [1.54, 1.807) is 0 Å².